The van der Waals surface area contributed by atoms with E-state index in [4.69, 9.17) is 0 Å². The minimum Gasteiger partial charge on any atom is -0.312 e. The third-order valence-electron chi connectivity index (χ3n) is 3.81. The van der Waals surface area contributed by atoms with Crippen LogP contribution in [-0.2, 0) is 16.6 Å². The van der Waals surface area contributed by atoms with Gasteiger partial charge >= 0.3 is 0 Å². The van der Waals surface area contributed by atoms with Crippen molar-refractivity contribution in [3.8, 4) is 0 Å². The van der Waals surface area contributed by atoms with Crippen LogP contribution < -0.4 is 10.0 Å². The van der Waals surface area contributed by atoms with Crippen LogP contribution >= 0.6 is 0 Å². The van der Waals surface area contributed by atoms with E-state index in [0.29, 0.717) is 19.1 Å². The quantitative estimate of drug-likeness (QED) is 0.704. The van der Waals surface area contributed by atoms with Gasteiger partial charge in [-0.05, 0) is 25.2 Å². The monoisotopic (exact) mass is 298 g/mol. The first-order valence-corrected chi connectivity index (χ1v) is 8.87. The number of nitrogens with zero attached hydrogens (tertiary/aromatic N) is 2. The van der Waals surface area contributed by atoms with E-state index in [0.717, 1.165) is 18.9 Å². The van der Waals surface area contributed by atoms with Gasteiger partial charge in [-0.25, -0.2) is 13.1 Å². The second kappa shape index (κ2) is 5.83. The SMILES string of the molecule is O=S(=O)(NCCC1CC1)c1cnn(CCNC2CC2)c1. The van der Waals surface area contributed by atoms with Crippen molar-refractivity contribution in [2.24, 2.45) is 5.92 Å². The third kappa shape index (κ3) is 4.04. The Bertz CT molecular complexity index is 546. The largest absolute Gasteiger partial charge is 0.312 e. The maximum Gasteiger partial charge on any atom is 0.243 e. The third-order valence-corrected chi connectivity index (χ3v) is 5.23. The Morgan fingerprint density at radius 2 is 2.05 bits per heavy atom. The van der Waals surface area contributed by atoms with E-state index in [1.54, 1.807) is 10.9 Å². The van der Waals surface area contributed by atoms with Crippen LogP contribution in [0.5, 0.6) is 0 Å². The molecule has 0 aliphatic heterocycles. The topological polar surface area (TPSA) is 76.0 Å². The van der Waals surface area contributed by atoms with Crippen LogP contribution in [0, 0.1) is 5.92 Å². The molecule has 0 bridgehead atoms. The lowest BCUT2D eigenvalue weighted by Gasteiger charge is -2.04. The highest BCUT2D eigenvalue weighted by atomic mass is 32.2. The van der Waals surface area contributed by atoms with Crippen LogP contribution in [0.15, 0.2) is 17.3 Å². The molecule has 2 N–H and O–H groups in total. The molecule has 2 fully saturated rings. The summed E-state index contributed by atoms with van der Waals surface area (Å²) in [6.07, 6.45) is 8.97. The molecule has 0 radical (unpaired) electrons. The zero-order chi connectivity index (χ0) is 14.0. The first-order chi connectivity index (χ1) is 9.63. The first kappa shape index (κ1) is 14.0. The van der Waals surface area contributed by atoms with Gasteiger partial charge in [0, 0.05) is 25.3 Å². The van der Waals surface area contributed by atoms with E-state index in [2.05, 4.69) is 15.1 Å². The van der Waals surface area contributed by atoms with Crippen LogP contribution in [0.2, 0.25) is 0 Å². The van der Waals surface area contributed by atoms with Crippen LogP contribution in [0.3, 0.4) is 0 Å². The molecule has 0 saturated heterocycles. The molecule has 1 aromatic rings. The van der Waals surface area contributed by atoms with Gasteiger partial charge in [0.25, 0.3) is 0 Å². The highest BCUT2D eigenvalue weighted by molar-refractivity contribution is 7.89. The molecular weight excluding hydrogens is 276 g/mol. The Hall–Kier alpha value is -0.920. The molecular formula is C13H22N4O2S. The van der Waals surface area contributed by atoms with Crippen molar-refractivity contribution in [3.63, 3.8) is 0 Å². The number of nitrogens with one attached hydrogen (secondary N) is 2. The van der Waals surface area contributed by atoms with E-state index in [1.807, 2.05) is 0 Å². The first-order valence-electron chi connectivity index (χ1n) is 7.39. The Kier molecular flexibility index (Phi) is 4.09. The second-order valence-electron chi connectivity index (χ2n) is 5.80. The van der Waals surface area contributed by atoms with Crippen molar-refractivity contribution >= 4 is 10.0 Å². The molecule has 0 spiro atoms. The maximum atomic E-state index is 12.1. The summed E-state index contributed by atoms with van der Waals surface area (Å²) < 4.78 is 28.5. The minimum absolute atomic E-state index is 0.264. The molecule has 3 rings (SSSR count). The molecule has 20 heavy (non-hydrogen) atoms. The molecule has 0 amide bonds. The summed E-state index contributed by atoms with van der Waals surface area (Å²) >= 11 is 0. The van der Waals surface area contributed by atoms with Crippen molar-refractivity contribution in [2.75, 3.05) is 13.1 Å². The normalized spacial score (nSPS) is 19.4. The van der Waals surface area contributed by atoms with Crippen LogP contribution in [0.4, 0.5) is 0 Å². The van der Waals surface area contributed by atoms with Gasteiger partial charge in [-0.2, -0.15) is 5.10 Å². The molecule has 1 aromatic heterocycles. The molecule has 2 saturated carbocycles. The molecule has 1 heterocycles. The molecule has 0 unspecified atom stereocenters. The second-order valence-corrected chi connectivity index (χ2v) is 7.56. The van der Waals surface area contributed by atoms with E-state index in [9.17, 15) is 8.42 Å². The lowest BCUT2D eigenvalue weighted by atomic mass is 10.3. The van der Waals surface area contributed by atoms with Gasteiger partial charge in [0.1, 0.15) is 4.90 Å². The Morgan fingerprint density at radius 3 is 2.75 bits per heavy atom. The van der Waals surface area contributed by atoms with E-state index >= 15 is 0 Å². The summed E-state index contributed by atoms with van der Waals surface area (Å²) in [6, 6.07) is 0.665. The Balaban J connectivity index is 1.47. The fraction of sp³-hybridized carbons (Fsp3) is 0.769. The minimum atomic E-state index is -3.39. The van der Waals surface area contributed by atoms with Crippen LogP contribution in [-0.4, -0.2) is 37.3 Å². The summed E-state index contributed by atoms with van der Waals surface area (Å²) in [4.78, 5) is 0.264. The van der Waals surface area contributed by atoms with E-state index < -0.39 is 10.0 Å². The van der Waals surface area contributed by atoms with Crippen molar-refractivity contribution in [2.45, 2.75) is 49.6 Å². The smallest absolute Gasteiger partial charge is 0.243 e. The fourth-order valence-corrected chi connectivity index (χ4v) is 3.16. The van der Waals surface area contributed by atoms with Crippen LogP contribution in [0.25, 0.3) is 0 Å². The fourth-order valence-electron chi connectivity index (χ4n) is 2.16. The zero-order valence-electron chi connectivity index (χ0n) is 11.6. The summed E-state index contributed by atoms with van der Waals surface area (Å²) in [6.45, 7) is 2.07. The van der Waals surface area contributed by atoms with Crippen LogP contribution in [0.1, 0.15) is 32.1 Å². The average molecular weight is 298 g/mol. The number of aromatic nitrogens is 2. The molecule has 0 atom stereocenters. The lowest BCUT2D eigenvalue weighted by molar-refractivity contribution is 0.551. The molecule has 0 aromatic carbocycles. The molecule has 2 aliphatic carbocycles. The average Bonchev–Trinajstić information content (AvgIpc) is 3.31. The summed E-state index contributed by atoms with van der Waals surface area (Å²) in [5.41, 5.74) is 0. The van der Waals surface area contributed by atoms with Crippen molar-refractivity contribution in [3.05, 3.63) is 12.4 Å². The Labute approximate surface area is 120 Å². The maximum absolute atomic E-state index is 12.1. The number of rotatable bonds is 9. The predicted octanol–water partition coefficient (Wildman–Crippen LogP) is 0.713. The molecule has 6 nitrogen and oxygen atoms in total. The highest BCUT2D eigenvalue weighted by Crippen LogP contribution is 2.31. The van der Waals surface area contributed by atoms with Gasteiger partial charge in [-0.1, -0.05) is 12.8 Å². The van der Waals surface area contributed by atoms with Gasteiger partial charge in [0.05, 0.1) is 12.7 Å². The highest BCUT2D eigenvalue weighted by Gasteiger charge is 2.23. The zero-order valence-corrected chi connectivity index (χ0v) is 12.4. The Morgan fingerprint density at radius 1 is 1.25 bits per heavy atom. The molecule has 2 aliphatic rings. The van der Waals surface area contributed by atoms with Gasteiger partial charge < -0.3 is 5.32 Å². The summed E-state index contributed by atoms with van der Waals surface area (Å²) in [5, 5.41) is 7.49. The molecule has 112 valence electrons. The van der Waals surface area contributed by atoms with Gasteiger partial charge in [-0.3, -0.25) is 4.68 Å². The van der Waals surface area contributed by atoms with Crippen molar-refractivity contribution < 1.29 is 8.42 Å². The summed E-state index contributed by atoms with van der Waals surface area (Å²) in [5.74, 6) is 0.730. The van der Waals surface area contributed by atoms with Gasteiger partial charge in [-0.15, -0.1) is 0 Å². The van der Waals surface area contributed by atoms with Gasteiger partial charge in [0.15, 0.2) is 0 Å². The van der Waals surface area contributed by atoms with E-state index in [1.165, 1.54) is 31.9 Å². The van der Waals surface area contributed by atoms with E-state index in [-0.39, 0.29) is 4.90 Å². The lowest BCUT2D eigenvalue weighted by Crippen LogP contribution is -2.25. The number of hydrogen-bond donors (Lipinski definition) is 2. The number of hydrogen-bond acceptors (Lipinski definition) is 4. The standard InChI is InChI=1S/C13H22N4O2S/c18-20(19,16-6-5-11-1-2-11)13-9-15-17(10-13)8-7-14-12-3-4-12/h9-12,14,16H,1-8H2. The van der Waals surface area contributed by atoms with Gasteiger partial charge in [0.2, 0.25) is 10.0 Å². The van der Waals surface area contributed by atoms with Crippen molar-refractivity contribution in [1.82, 2.24) is 19.8 Å². The summed E-state index contributed by atoms with van der Waals surface area (Å²) in [7, 11) is -3.39. The predicted molar refractivity (Wildman–Crippen MR) is 75.8 cm³/mol. The number of sulfonamides is 1. The van der Waals surface area contributed by atoms with Crippen molar-refractivity contribution in [1.29, 1.82) is 0 Å². The molecule has 7 heteroatoms.